The van der Waals surface area contributed by atoms with E-state index in [9.17, 15) is 18.5 Å². The van der Waals surface area contributed by atoms with Gasteiger partial charge in [0.2, 0.25) is 0 Å². The van der Waals surface area contributed by atoms with Gasteiger partial charge in [0.1, 0.15) is 0 Å². The van der Waals surface area contributed by atoms with Gasteiger partial charge in [0.15, 0.2) is 0 Å². The zero-order chi connectivity index (χ0) is 15.5. The third kappa shape index (κ3) is 4.46. The smallest absolute Gasteiger partial charge is 0.276 e. The zero-order valence-electron chi connectivity index (χ0n) is 11.5. The van der Waals surface area contributed by atoms with Gasteiger partial charge in [-0.1, -0.05) is 12.1 Å². The van der Waals surface area contributed by atoms with Crippen LogP contribution in [0.4, 0.5) is 5.69 Å². The standard InChI is InChI=1S/C12H18N4O4S/c13-21(19,20)15-9-7-14(8-10-15)6-5-11-1-3-12(4-2-11)16(17)18/h1-4H,5-10H2,(H2,13,19,20). The van der Waals surface area contributed by atoms with Crippen LogP contribution in [0.15, 0.2) is 24.3 Å². The van der Waals surface area contributed by atoms with Gasteiger partial charge in [-0.15, -0.1) is 0 Å². The van der Waals surface area contributed by atoms with Crippen LogP contribution in [-0.2, 0) is 16.6 Å². The van der Waals surface area contributed by atoms with Crippen molar-refractivity contribution in [3.8, 4) is 0 Å². The van der Waals surface area contributed by atoms with E-state index in [0.29, 0.717) is 26.2 Å². The second kappa shape index (κ2) is 6.48. The Kier molecular flexibility index (Phi) is 4.88. The Morgan fingerprint density at radius 1 is 1.14 bits per heavy atom. The summed E-state index contributed by atoms with van der Waals surface area (Å²) in [4.78, 5) is 12.3. The molecular weight excluding hydrogens is 296 g/mol. The quantitative estimate of drug-likeness (QED) is 0.605. The van der Waals surface area contributed by atoms with Crippen molar-refractivity contribution in [3.63, 3.8) is 0 Å². The van der Waals surface area contributed by atoms with Crippen LogP contribution < -0.4 is 5.14 Å². The third-order valence-electron chi connectivity index (χ3n) is 3.56. The summed E-state index contributed by atoms with van der Waals surface area (Å²) < 4.78 is 23.7. The molecule has 1 heterocycles. The number of non-ortho nitro benzene ring substituents is 1. The molecule has 1 aliphatic heterocycles. The molecule has 2 rings (SSSR count). The fraction of sp³-hybridized carbons (Fsp3) is 0.500. The topological polar surface area (TPSA) is 110 Å². The highest BCUT2D eigenvalue weighted by molar-refractivity contribution is 7.86. The predicted octanol–water partition coefficient (Wildman–Crippen LogP) is -0.0416. The zero-order valence-corrected chi connectivity index (χ0v) is 12.3. The second-order valence-electron chi connectivity index (χ2n) is 4.96. The molecule has 0 unspecified atom stereocenters. The van der Waals surface area contributed by atoms with Gasteiger partial charge in [-0.05, 0) is 12.0 Å². The van der Waals surface area contributed by atoms with Crippen LogP contribution in [0.3, 0.4) is 0 Å². The molecule has 0 amide bonds. The van der Waals surface area contributed by atoms with Crippen molar-refractivity contribution in [2.75, 3.05) is 32.7 Å². The monoisotopic (exact) mass is 314 g/mol. The minimum Gasteiger partial charge on any atom is -0.300 e. The van der Waals surface area contributed by atoms with Crippen LogP contribution in [0.2, 0.25) is 0 Å². The summed E-state index contributed by atoms with van der Waals surface area (Å²) in [5.41, 5.74) is 1.11. The maximum Gasteiger partial charge on any atom is 0.276 e. The molecule has 21 heavy (non-hydrogen) atoms. The molecule has 0 spiro atoms. The fourth-order valence-corrected chi connectivity index (χ4v) is 2.95. The highest BCUT2D eigenvalue weighted by Crippen LogP contribution is 2.13. The van der Waals surface area contributed by atoms with Crippen LogP contribution in [0.25, 0.3) is 0 Å². The van der Waals surface area contributed by atoms with E-state index in [1.54, 1.807) is 12.1 Å². The molecule has 116 valence electrons. The van der Waals surface area contributed by atoms with Crippen molar-refractivity contribution in [1.82, 2.24) is 9.21 Å². The first kappa shape index (κ1) is 15.8. The molecule has 0 aliphatic carbocycles. The number of benzene rings is 1. The summed E-state index contributed by atoms with van der Waals surface area (Å²) in [6, 6.07) is 6.49. The molecule has 1 aromatic rings. The largest absolute Gasteiger partial charge is 0.300 e. The number of rotatable bonds is 5. The molecule has 0 bridgehead atoms. The van der Waals surface area contributed by atoms with Crippen molar-refractivity contribution >= 4 is 15.9 Å². The lowest BCUT2D eigenvalue weighted by Gasteiger charge is -2.32. The number of piperazine rings is 1. The first-order valence-electron chi connectivity index (χ1n) is 6.60. The molecule has 0 aromatic heterocycles. The van der Waals surface area contributed by atoms with E-state index < -0.39 is 15.1 Å². The van der Waals surface area contributed by atoms with E-state index in [0.717, 1.165) is 18.5 Å². The summed E-state index contributed by atoms with van der Waals surface area (Å²) >= 11 is 0. The fourth-order valence-electron chi connectivity index (χ4n) is 2.28. The number of nitro benzene ring substituents is 1. The number of nitrogens with zero attached hydrogens (tertiary/aromatic N) is 3. The molecule has 1 saturated heterocycles. The Hall–Kier alpha value is -1.55. The highest BCUT2D eigenvalue weighted by Gasteiger charge is 2.23. The van der Waals surface area contributed by atoms with Crippen LogP contribution >= 0.6 is 0 Å². The van der Waals surface area contributed by atoms with Crippen molar-refractivity contribution < 1.29 is 13.3 Å². The average Bonchev–Trinajstić information content (AvgIpc) is 2.45. The molecule has 1 aromatic carbocycles. The number of hydrogen-bond donors (Lipinski definition) is 1. The lowest BCUT2D eigenvalue weighted by molar-refractivity contribution is -0.384. The normalized spacial score (nSPS) is 17.8. The number of hydrogen-bond acceptors (Lipinski definition) is 5. The summed E-state index contributed by atoms with van der Waals surface area (Å²) in [7, 11) is -3.59. The van der Waals surface area contributed by atoms with E-state index in [1.165, 1.54) is 16.4 Å². The first-order valence-corrected chi connectivity index (χ1v) is 8.10. The van der Waals surface area contributed by atoms with Gasteiger partial charge in [0.05, 0.1) is 4.92 Å². The lowest BCUT2D eigenvalue weighted by atomic mass is 10.1. The third-order valence-corrected chi connectivity index (χ3v) is 4.64. The molecule has 2 N–H and O–H groups in total. The van der Waals surface area contributed by atoms with Gasteiger partial charge in [-0.2, -0.15) is 12.7 Å². The molecule has 1 aliphatic rings. The Labute approximate surface area is 123 Å². The SMILES string of the molecule is NS(=O)(=O)N1CCN(CCc2ccc([N+](=O)[O-])cc2)CC1. The van der Waals surface area contributed by atoms with Crippen LogP contribution in [0, 0.1) is 10.1 Å². The Morgan fingerprint density at radius 3 is 2.19 bits per heavy atom. The van der Waals surface area contributed by atoms with Gasteiger partial charge in [-0.25, -0.2) is 5.14 Å². The van der Waals surface area contributed by atoms with E-state index in [2.05, 4.69) is 4.90 Å². The van der Waals surface area contributed by atoms with Crippen molar-refractivity contribution in [1.29, 1.82) is 0 Å². The Balaban J connectivity index is 1.81. The maximum absolute atomic E-state index is 11.2. The van der Waals surface area contributed by atoms with E-state index in [-0.39, 0.29) is 5.69 Å². The van der Waals surface area contributed by atoms with Crippen LogP contribution in [0.5, 0.6) is 0 Å². The van der Waals surface area contributed by atoms with Gasteiger partial charge >= 0.3 is 0 Å². The summed E-state index contributed by atoms with van der Waals surface area (Å²) in [6.07, 6.45) is 0.771. The molecule has 0 radical (unpaired) electrons. The molecular formula is C12H18N4O4S. The van der Waals surface area contributed by atoms with E-state index in [1.807, 2.05) is 0 Å². The lowest BCUT2D eigenvalue weighted by Crippen LogP contribution is -2.50. The minimum atomic E-state index is -3.59. The van der Waals surface area contributed by atoms with Crippen molar-refractivity contribution in [2.45, 2.75) is 6.42 Å². The molecule has 8 nitrogen and oxygen atoms in total. The van der Waals surface area contributed by atoms with Crippen molar-refractivity contribution in [3.05, 3.63) is 39.9 Å². The van der Waals surface area contributed by atoms with Crippen molar-refractivity contribution in [2.24, 2.45) is 5.14 Å². The Morgan fingerprint density at radius 2 is 1.71 bits per heavy atom. The molecule has 1 fully saturated rings. The van der Waals surface area contributed by atoms with Gasteiger partial charge in [0, 0.05) is 44.9 Å². The molecule has 9 heteroatoms. The predicted molar refractivity (Wildman–Crippen MR) is 77.9 cm³/mol. The highest BCUT2D eigenvalue weighted by atomic mass is 32.2. The van der Waals surface area contributed by atoms with Crippen LogP contribution in [0.1, 0.15) is 5.56 Å². The minimum absolute atomic E-state index is 0.0838. The number of nitrogens with two attached hydrogens (primary N) is 1. The van der Waals surface area contributed by atoms with E-state index in [4.69, 9.17) is 5.14 Å². The van der Waals surface area contributed by atoms with Gasteiger partial charge in [-0.3, -0.25) is 10.1 Å². The average molecular weight is 314 g/mol. The summed E-state index contributed by atoms with van der Waals surface area (Å²) in [5.74, 6) is 0. The summed E-state index contributed by atoms with van der Waals surface area (Å²) in [5, 5.41) is 15.6. The molecule has 0 saturated carbocycles. The van der Waals surface area contributed by atoms with Crippen LogP contribution in [-0.4, -0.2) is 55.3 Å². The molecule has 0 atom stereocenters. The maximum atomic E-state index is 11.2. The van der Waals surface area contributed by atoms with E-state index >= 15 is 0 Å². The van der Waals surface area contributed by atoms with Gasteiger partial charge < -0.3 is 4.90 Å². The number of nitro groups is 1. The second-order valence-corrected chi connectivity index (χ2v) is 6.51. The first-order chi connectivity index (χ1) is 9.86. The van der Waals surface area contributed by atoms with Gasteiger partial charge in [0.25, 0.3) is 15.9 Å². The Bertz CT molecular complexity index is 594. The summed E-state index contributed by atoms with van der Waals surface area (Å²) in [6.45, 7) is 2.88.